The summed E-state index contributed by atoms with van der Waals surface area (Å²) >= 11 is 1.67. The number of carbonyl (C=O) groups is 2. The van der Waals surface area contributed by atoms with Gasteiger partial charge in [0.25, 0.3) is 0 Å². The van der Waals surface area contributed by atoms with Gasteiger partial charge in [-0.25, -0.2) is 0 Å². The van der Waals surface area contributed by atoms with Crippen molar-refractivity contribution in [2.24, 2.45) is 0 Å². The van der Waals surface area contributed by atoms with Crippen molar-refractivity contribution in [1.82, 2.24) is 10.2 Å². The first-order chi connectivity index (χ1) is 13.8. The average Bonchev–Trinajstić information content (AvgIpc) is 2.67. The molecule has 5 heteroatoms. The van der Waals surface area contributed by atoms with Crippen molar-refractivity contribution in [2.75, 3.05) is 5.75 Å². The summed E-state index contributed by atoms with van der Waals surface area (Å²) in [7, 11) is 0. The van der Waals surface area contributed by atoms with Crippen molar-refractivity contribution in [2.45, 2.75) is 64.6 Å². The molecule has 0 saturated heterocycles. The second-order valence-corrected chi connectivity index (χ2v) is 8.87. The van der Waals surface area contributed by atoms with Crippen molar-refractivity contribution in [3.8, 4) is 0 Å². The number of hydrogen-bond donors (Lipinski definition) is 1. The van der Waals surface area contributed by atoms with Gasteiger partial charge in [-0.05, 0) is 57.9 Å². The lowest BCUT2D eigenvalue weighted by molar-refractivity contribution is -0.140. The van der Waals surface area contributed by atoms with Gasteiger partial charge in [0.1, 0.15) is 6.04 Å². The van der Waals surface area contributed by atoms with Gasteiger partial charge in [0.05, 0.1) is 0 Å². The molecule has 1 N–H and O–H groups in total. The predicted molar refractivity (Wildman–Crippen MR) is 121 cm³/mol. The minimum Gasteiger partial charge on any atom is -0.352 e. The molecule has 2 rings (SSSR count). The zero-order valence-corrected chi connectivity index (χ0v) is 18.9. The molecule has 0 aliphatic carbocycles. The van der Waals surface area contributed by atoms with E-state index in [0.717, 1.165) is 16.0 Å². The normalized spacial score (nSPS) is 11.9. The molecule has 29 heavy (non-hydrogen) atoms. The highest BCUT2D eigenvalue weighted by molar-refractivity contribution is 7.99. The van der Waals surface area contributed by atoms with E-state index >= 15 is 0 Å². The average molecular weight is 413 g/mol. The third-order valence-corrected chi connectivity index (χ3v) is 5.82. The summed E-state index contributed by atoms with van der Waals surface area (Å²) < 4.78 is 0. The van der Waals surface area contributed by atoms with E-state index in [1.54, 1.807) is 23.6 Å². The number of carbonyl (C=O) groups excluding carboxylic acids is 2. The van der Waals surface area contributed by atoms with Crippen molar-refractivity contribution in [3.63, 3.8) is 0 Å². The lowest BCUT2D eigenvalue weighted by atomic mass is 10.1. The monoisotopic (exact) mass is 412 g/mol. The Hall–Kier alpha value is -2.27. The Labute approximate surface area is 179 Å². The lowest BCUT2D eigenvalue weighted by Gasteiger charge is -2.30. The van der Waals surface area contributed by atoms with Crippen LogP contribution in [0.15, 0.2) is 53.4 Å². The number of nitrogens with one attached hydrogen (secondary N) is 1. The Morgan fingerprint density at radius 3 is 2.28 bits per heavy atom. The van der Waals surface area contributed by atoms with E-state index in [2.05, 4.69) is 36.5 Å². The zero-order chi connectivity index (χ0) is 21.4. The molecule has 0 saturated carbocycles. The Kier molecular flexibility index (Phi) is 8.77. The predicted octanol–water partition coefficient (Wildman–Crippen LogP) is 4.73. The highest BCUT2D eigenvalue weighted by atomic mass is 32.2. The first-order valence-corrected chi connectivity index (χ1v) is 11.1. The van der Waals surface area contributed by atoms with Crippen LogP contribution in [0.25, 0.3) is 0 Å². The van der Waals surface area contributed by atoms with Crippen LogP contribution < -0.4 is 5.32 Å². The van der Waals surface area contributed by atoms with Crippen LogP contribution in [-0.4, -0.2) is 34.6 Å². The molecule has 2 amide bonds. The summed E-state index contributed by atoms with van der Waals surface area (Å²) in [6.45, 7) is 10.2. The van der Waals surface area contributed by atoms with E-state index in [4.69, 9.17) is 0 Å². The lowest BCUT2D eigenvalue weighted by Crippen LogP contribution is -2.49. The van der Waals surface area contributed by atoms with Crippen LogP contribution in [0, 0.1) is 13.8 Å². The van der Waals surface area contributed by atoms with E-state index in [1.807, 2.05) is 45.0 Å². The fourth-order valence-corrected chi connectivity index (χ4v) is 3.83. The molecule has 0 aromatic heterocycles. The first kappa shape index (κ1) is 23.0. The van der Waals surface area contributed by atoms with Gasteiger partial charge in [-0.15, -0.1) is 11.8 Å². The van der Waals surface area contributed by atoms with Gasteiger partial charge < -0.3 is 10.2 Å². The Morgan fingerprint density at radius 2 is 1.66 bits per heavy atom. The molecule has 0 aliphatic heterocycles. The fourth-order valence-electron chi connectivity index (χ4n) is 2.99. The molecule has 0 radical (unpaired) electrons. The fraction of sp³-hybridized carbons (Fsp3) is 0.417. The summed E-state index contributed by atoms with van der Waals surface area (Å²) in [5, 5.41) is 2.93. The molecule has 2 aromatic rings. The van der Waals surface area contributed by atoms with Gasteiger partial charge in [0.2, 0.25) is 11.8 Å². The van der Waals surface area contributed by atoms with Gasteiger partial charge in [0.15, 0.2) is 0 Å². The molecule has 0 spiro atoms. The molecule has 1 atom stereocenters. The SMILES string of the molecule is Cc1ccc(SCCC(=O)N(Cc2ccccc2C)C(C)C(=O)NC(C)C)cc1. The van der Waals surface area contributed by atoms with Gasteiger partial charge >= 0.3 is 0 Å². The highest BCUT2D eigenvalue weighted by Gasteiger charge is 2.26. The molecule has 1 unspecified atom stereocenters. The second kappa shape index (κ2) is 11.1. The molecule has 4 nitrogen and oxygen atoms in total. The molecular formula is C24H32N2O2S. The van der Waals surface area contributed by atoms with Crippen LogP contribution in [0.3, 0.4) is 0 Å². The van der Waals surface area contributed by atoms with Crippen LogP contribution in [0.2, 0.25) is 0 Å². The Morgan fingerprint density at radius 1 is 1.00 bits per heavy atom. The standard InChI is InChI=1S/C24H32N2O2S/c1-17(2)25-24(28)20(5)26(16-21-9-7-6-8-19(21)4)23(27)14-15-29-22-12-10-18(3)11-13-22/h6-13,17,20H,14-16H2,1-5H3,(H,25,28). The second-order valence-electron chi connectivity index (χ2n) is 7.70. The highest BCUT2D eigenvalue weighted by Crippen LogP contribution is 2.21. The van der Waals surface area contributed by atoms with Crippen LogP contribution in [0.4, 0.5) is 0 Å². The topological polar surface area (TPSA) is 49.4 Å². The maximum atomic E-state index is 13.1. The van der Waals surface area contributed by atoms with Gasteiger partial charge in [0, 0.05) is 29.7 Å². The van der Waals surface area contributed by atoms with E-state index < -0.39 is 6.04 Å². The minimum absolute atomic E-state index is 0.000675. The Bertz CT molecular complexity index is 818. The molecule has 156 valence electrons. The van der Waals surface area contributed by atoms with E-state index in [0.29, 0.717) is 18.7 Å². The minimum atomic E-state index is -0.520. The van der Waals surface area contributed by atoms with E-state index in [1.165, 1.54) is 5.56 Å². The number of hydrogen-bond acceptors (Lipinski definition) is 3. The maximum absolute atomic E-state index is 13.1. The summed E-state index contributed by atoms with van der Waals surface area (Å²) in [5.41, 5.74) is 3.41. The van der Waals surface area contributed by atoms with Crippen LogP contribution >= 0.6 is 11.8 Å². The van der Waals surface area contributed by atoms with Crippen LogP contribution in [0.1, 0.15) is 43.9 Å². The summed E-state index contributed by atoms with van der Waals surface area (Å²) in [6, 6.07) is 15.8. The number of thioether (sulfide) groups is 1. The molecule has 2 aromatic carbocycles. The summed E-state index contributed by atoms with van der Waals surface area (Å²) in [6.07, 6.45) is 0.393. The first-order valence-electron chi connectivity index (χ1n) is 10.1. The molecule has 0 bridgehead atoms. The number of benzene rings is 2. The van der Waals surface area contributed by atoms with Crippen molar-refractivity contribution in [3.05, 3.63) is 65.2 Å². The smallest absolute Gasteiger partial charge is 0.242 e. The third-order valence-electron chi connectivity index (χ3n) is 4.81. The molecule has 0 aliphatic rings. The van der Waals surface area contributed by atoms with Crippen molar-refractivity contribution < 1.29 is 9.59 Å². The van der Waals surface area contributed by atoms with Crippen LogP contribution in [-0.2, 0) is 16.1 Å². The number of aryl methyl sites for hydroxylation is 2. The summed E-state index contributed by atoms with van der Waals surface area (Å²) in [5.74, 6) is 0.567. The molecule has 0 fully saturated rings. The third kappa shape index (κ3) is 7.24. The van der Waals surface area contributed by atoms with E-state index in [-0.39, 0.29) is 17.9 Å². The van der Waals surface area contributed by atoms with E-state index in [9.17, 15) is 9.59 Å². The largest absolute Gasteiger partial charge is 0.352 e. The Balaban J connectivity index is 2.07. The number of rotatable bonds is 9. The van der Waals surface area contributed by atoms with Gasteiger partial charge in [-0.3, -0.25) is 9.59 Å². The van der Waals surface area contributed by atoms with Gasteiger partial charge in [-0.2, -0.15) is 0 Å². The quantitative estimate of drug-likeness (QED) is 0.606. The number of nitrogens with zero attached hydrogens (tertiary/aromatic N) is 1. The maximum Gasteiger partial charge on any atom is 0.242 e. The van der Waals surface area contributed by atoms with Crippen molar-refractivity contribution >= 4 is 23.6 Å². The zero-order valence-electron chi connectivity index (χ0n) is 18.1. The van der Waals surface area contributed by atoms with Crippen molar-refractivity contribution in [1.29, 1.82) is 0 Å². The van der Waals surface area contributed by atoms with Gasteiger partial charge in [-0.1, -0.05) is 42.0 Å². The number of amides is 2. The molecule has 0 heterocycles. The molecular weight excluding hydrogens is 380 g/mol. The van der Waals surface area contributed by atoms with Crippen LogP contribution in [0.5, 0.6) is 0 Å². The summed E-state index contributed by atoms with van der Waals surface area (Å²) in [4.78, 5) is 28.5.